The van der Waals surface area contributed by atoms with E-state index in [4.69, 9.17) is 4.74 Å². The van der Waals surface area contributed by atoms with Crippen LogP contribution in [-0.2, 0) is 4.74 Å². The maximum Gasteiger partial charge on any atom is 0.297 e. The third kappa shape index (κ3) is 2.99. The van der Waals surface area contributed by atoms with Crippen LogP contribution in [0.5, 0.6) is 0 Å². The molecule has 1 saturated heterocycles. The monoisotopic (exact) mass is 311 g/mol. The molecule has 4 nitrogen and oxygen atoms in total. The highest BCUT2D eigenvalue weighted by Crippen LogP contribution is 2.29. The SMILES string of the molecule is CC1CN(c2nc(C(F)F)nc3ccc(F)cc23)CCCO1. The number of benzene rings is 1. The van der Waals surface area contributed by atoms with Gasteiger partial charge in [-0.3, -0.25) is 0 Å². The van der Waals surface area contributed by atoms with Gasteiger partial charge in [-0.15, -0.1) is 0 Å². The van der Waals surface area contributed by atoms with Crippen LogP contribution in [0.15, 0.2) is 18.2 Å². The predicted molar refractivity (Wildman–Crippen MR) is 76.7 cm³/mol. The van der Waals surface area contributed by atoms with E-state index in [1.807, 2.05) is 11.8 Å². The summed E-state index contributed by atoms with van der Waals surface area (Å²) in [7, 11) is 0. The summed E-state index contributed by atoms with van der Waals surface area (Å²) in [5.74, 6) is -0.634. The van der Waals surface area contributed by atoms with Crippen molar-refractivity contribution in [2.45, 2.75) is 25.9 Å². The lowest BCUT2D eigenvalue weighted by atomic mass is 10.2. The molecular weight excluding hydrogens is 295 g/mol. The second-order valence-electron chi connectivity index (χ2n) is 5.35. The van der Waals surface area contributed by atoms with Crippen LogP contribution in [-0.4, -0.2) is 35.8 Å². The van der Waals surface area contributed by atoms with Crippen LogP contribution in [0.4, 0.5) is 19.0 Å². The number of alkyl halides is 2. The van der Waals surface area contributed by atoms with E-state index in [0.29, 0.717) is 36.4 Å². The van der Waals surface area contributed by atoms with E-state index in [1.54, 1.807) is 0 Å². The first-order valence-corrected chi connectivity index (χ1v) is 7.16. The Morgan fingerprint density at radius 2 is 2.14 bits per heavy atom. The van der Waals surface area contributed by atoms with Crippen molar-refractivity contribution in [3.8, 4) is 0 Å². The maximum atomic E-state index is 13.6. The standard InChI is InChI=1S/C15H16F3N3O/c1-9-8-21(5-2-6-22-9)15-11-7-10(16)3-4-12(11)19-14(20-15)13(17)18/h3-4,7,9,13H,2,5-6,8H2,1H3. The minimum Gasteiger partial charge on any atom is -0.377 e. The number of aromatic nitrogens is 2. The molecule has 0 bridgehead atoms. The molecular formula is C15H16F3N3O. The summed E-state index contributed by atoms with van der Waals surface area (Å²) in [4.78, 5) is 9.68. The van der Waals surface area contributed by atoms with Crippen molar-refractivity contribution in [3.63, 3.8) is 0 Å². The smallest absolute Gasteiger partial charge is 0.297 e. The van der Waals surface area contributed by atoms with Crippen LogP contribution in [0.2, 0.25) is 0 Å². The quantitative estimate of drug-likeness (QED) is 0.853. The first-order chi connectivity index (χ1) is 10.5. The summed E-state index contributed by atoms with van der Waals surface area (Å²) < 4.78 is 45.2. The largest absolute Gasteiger partial charge is 0.377 e. The summed E-state index contributed by atoms with van der Waals surface area (Å²) in [6, 6.07) is 3.90. The van der Waals surface area contributed by atoms with E-state index in [0.717, 1.165) is 6.42 Å². The van der Waals surface area contributed by atoms with Gasteiger partial charge >= 0.3 is 0 Å². The fourth-order valence-corrected chi connectivity index (χ4v) is 2.63. The number of halogens is 3. The van der Waals surface area contributed by atoms with Crippen LogP contribution in [0.1, 0.15) is 25.6 Å². The van der Waals surface area contributed by atoms with Crippen molar-refractivity contribution >= 4 is 16.7 Å². The summed E-state index contributed by atoms with van der Waals surface area (Å²) in [5, 5.41) is 0.443. The van der Waals surface area contributed by atoms with Gasteiger partial charge in [-0.25, -0.2) is 23.1 Å². The minimum atomic E-state index is -2.77. The Labute approximate surface area is 125 Å². The number of anilines is 1. The van der Waals surface area contributed by atoms with Crippen LogP contribution < -0.4 is 4.90 Å². The van der Waals surface area contributed by atoms with Crippen LogP contribution >= 0.6 is 0 Å². The highest BCUT2D eigenvalue weighted by Gasteiger charge is 2.22. The zero-order valence-electron chi connectivity index (χ0n) is 12.1. The molecule has 3 rings (SSSR count). The molecule has 1 aromatic carbocycles. The summed E-state index contributed by atoms with van der Waals surface area (Å²) in [6.07, 6.45) is -2.06. The fourth-order valence-electron chi connectivity index (χ4n) is 2.63. The Hall–Kier alpha value is -1.89. The molecule has 1 unspecified atom stereocenters. The lowest BCUT2D eigenvalue weighted by Crippen LogP contribution is -2.31. The minimum absolute atomic E-state index is 0.0453. The average Bonchev–Trinajstić information content (AvgIpc) is 2.70. The van der Waals surface area contributed by atoms with Gasteiger partial charge in [-0.2, -0.15) is 0 Å². The van der Waals surface area contributed by atoms with Crippen molar-refractivity contribution in [2.75, 3.05) is 24.6 Å². The van der Waals surface area contributed by atoms with Gasteiger partial charge in [0.05, 0.1) is 11.6 Å². The molecule has 0 radical (unpaired) electrons. The Balaban J connectivity index is 2.14. The van der Waals surface area contributed by atoms with Gasteiger partial charge in [0.1, 0.15) is 11.6 Å². The topological polar surface area (TPSA) is 38.2 Å². The molecule has 1 fully saturated rings. The molecule has 0 N–H and O–H groups in total. The predicted octanol–water partition coefficient (Wildman–Crippen LogP) is 3.32. The number of rotatable bonds is 2. The first kappa shape index (κ1) is 15.0. The second-order valence-corrected chi connectivity index (χ2v) is 5.35. The fraction of sp³-hybridized carbons (Fsp3) is 0.467. The summed E-state index contributed by atoms with van der Waals surface area (Å²) in [6.45, 7) is 3.66. The van der Waals surface area contributed by atoms with Crippen molar-refractivity contribution in [2.24, 2.45) is 0 Å². The molecule has 118 valence electrons. The molecule has 0 amide bonds. The van der Waals surface area contributed by atoms with Crippen LogP contribution in [0.25, 0.3) is 10.9 Å². The van der Waals surface area contributed by atoms with Crippen molar-refractivity contribution in [3.05, 3.63) is 29.8 Å². The molecule has 0 saturated carbocycles. The van der Waals surface area contributed by atoms with Gasteiger partial charge in [-0.1, -0.05) is 0 Å². The molecule has 2 aromatic rings. The third-order valence-electron chi connectivity index (χ3n) is 3.60. The first-order valence-electron chi connectivity index (χ1n) is 7.16. The normalized spacial score (nSPS) is 19.7. The number of fused-ring (bicyclic) bond motifs is 1. The van der Waals surface area contributed by atoms with Crippen molar-refractivity contribution in [1.29, 1.82) is 0 Å². The highest BCUT2D eigenvalue weighted by atomic mass is 19.3. The van der Waals surface area contributed by atoms with Crippen LogP contribution in [0, 0.1) is 5.82 Å². The van der Waals surface area contributed by atoms with E-state index in [-0.39, 0.29) is 6.10 Å². The molecule has 0 aliphatic carbocycles. The van der Waals surface area contributed by atoms with E-state index >= 15 is 0 Å². The van der Waals surface area contributed by atoms with E-state index in [9.17, 15) is 13.2 Å². The molecule has 0 spiro atoms. The van der Waals surface area contributed by atoms with E-state index < -0.39 is 18.1 Å². The van der Waals surface area contributed by atoms with E-state index in [2.05, 4.69) is 9.97 Å². The van der Waals surface area contributed by atoms with Gasteiger partial charge in [0.25, 0.3) is 6.43 Å². The highest BCUT2D eigenvalue weighted by molar-refractivity contribution is 5.89. The summed E-state index contributed by atoms with van der Waals surface area (Å²) >= 11 is 0. The molecule has 1 atom stereocenters. The molecule has 2 heterocycles. The van der Waals surface area contributed by atoms with Gasteiger partial charge in [0.15, 0.2) is 5.82 Å². The zero-order chi connectivity index (χ0) is 15.7. The number of hydrogen-bond acceptors (Lipinski definition) is 4. The Bertz CT molecular complexity index is 680. The van der Waals surface area contributed by atoms with Gasteiger partial charge in [0, 0.05) is 25.1 Å². The zero-order valence-corrected chi connectivity index (χ0v) is 12.1. The Morgan fingerprint density at radius 1 is 1.32 bits per heavy atom. The molecule has 1 aromatic heterocycles. The maximum absolute atomic E-state index is 13.6. The lowest BCUT2D eigenvalue weighted by molar-refractivity contribution is 0.0820. The lowest BCUT2D eigenvalue weighted by Gasteiger charge is -2.24. The van der Waals surface area contributed by atoms with E-state index in [1.165, 1.54) is 18.2 Å². The van der Waals surface area contributed by atoms with Crippen molar-refractivity contribution < 1.29 is 17.9 Å². The van der Waals surface area contributed by atoms with Crippen LogP contribution in [0.3, 0.4) is 0 Å². The van der Waals surface area contributed by atoms with Gasteiger partial charge in [0.2, 0.25) is 0 Å². The third-order valence-corrected chi connectivity index (χ3v) is 3.60. The average molecular weight is 311 g/mol. The Morgan fingerprint density at radius 3 is 2.91 bits per heavy atom. The van der Waals surface area contributed by atoms with Gasteiger partial charge in [-0.05, 0) is 31.5 Å². The van der Waals surface area contributed by atoms with Crippen molar-refractivity contribution in [1.82, 2.24) is 9.97 Å². The second kappa shape index (κ2) is 6.08. The number of hydrogen-bond donors (Lipinski definition) is 0. The molecule has 1 aliphatic rings. The Kier molecular flexibility index (Phi) is 4.15. The summed E-state index contributed by atoms with van der Waals surface area (Å²) in [5.41, 5.74) is 0.319. The number of ether oxygens (including phenoxy) is 1. The number of nitrogens with zero attached hydrogens (tertiary/aromatic N) is 3. The molecule has 1 aliphatic heterocycles. The molecule has 7 heteroatoms. The van der Waals surface area contributed by atoms with Gasteiger partial charge < -0.3 is 9.64 Å². The molecule has 22 heavy (non-hydrogen) atoms.